The van der Waals surface area contributed by atoms with Gasteiger partial charge in [0, 0.05) is 41.2 Å². The first-order chi connectivity index (χ1) is 13.5. The lowest BCUT2D eigenvalue weighted by Crippen LogP contribution is -2.36. The molecule has 156 valence electrons. The van der Waals surface area contributed by atoms with Crippen molar-refractivity contribution in [2.75, 3.05) is 11.9 Å². The monoisotopic (exact) mass is 433 g/mol. The van der Waals surface area contributed by atoms with E-state index in [-0.39, 0.29) is 36.2 Å². The Bertz CT molecular complexity index is 898. The molecular weight excluding hydrogens is 406 g/mol. The number of halogens is 1. The zero-order valence-corrected chi connectivity index (χ0v) is 18.3. The first-order valence-electron chi connectivity index (χ1n) is 10.0. The van der Waals surface area contributed by atoms with E-state index in [4.69, 9.17) is 5.73 Å². The molecule has 29 heavy (non-hydrogen) atoms. The summed E-state index contributed by atoms with van der Waals surface area (Å²) in [6.45, 7) is 3.31. The molecule has 1 fully saturated rings. The second kappa shape index (κ2) is 9.28. The number of amides is 2. The Morgan fingerprint density at radius 3 is 2.86 bits per heavy atom. The van der Waals surface area contributed by atoms with E-state index in [0.29, 0.717) is 12.1 Å². The fourth-order valence-electron chi connectivity index (χ4n) is 4.30. The van der Waals surface area contributed by atoms with E-state index < -0.39 is 0 Å². The van der Waals surface area contributed by atoms with Gasteiger partial charge in [0.2, 0.25) is 5.91 Å². The molecule has 2 heterocycles. The number of carbonyl (C=O) groups is 2. The third-order valence-electron chi connectivity index (χ3n) is 6.00. The molecule has 0 saturated heterocycles. The number of fused-ring (bicyclic) bond motifs is 1. The number of nitrogens with one attached hydrogen (secondary N) is 1. The summed E-state index contributed by atoms with van der Waals surface area (Å²) < 4.78 is 0. The molecule has 2 aromatic rings. The lowest BCUT2D eigenvalue weighted by atomic mass is 9.85. The smallest absolute Gasteiger partial charge is 0.254 e. The fourth-order valence-corrected chi connectivity index (χ4v) is 5.19. The number of nitrogens with two attached hydrogens (primary N) is 1. The van der Waals surface area contributed by atoms with Crippen LogP contribution in [0.4, 0.5) is 5.69 Å². The lowest BCUT2D eigenvalue weighted by molar-refractivity contribution is -0.120. The van der Waals surface area contributed by atoms with Crippen LogP contribution in [0.3, 0.4) is 0 Å². The minimum atomic E-state index is -0.0402. The van der Waals surface area contributed by atoms with Gasteiger partial charge in [0.1, 0.15) is 0 Å². The van der Waals surface area contributed by atoms with Crippen molar-refractivity contribution in [2.24, 2.45) is 11.7 Å². The van der Waals surface area contributed by atoms with Gasteiger partial charge in [-0.05, 0) is 67.3 Å². The van der Waals surface area contributed by atoms with Crippen LogP contribution in [-0.4, -0.2) is 29.3 Å². The number of hydrogen-bond donors (Lipinski definition) is 2. The maximum absolute atomic E-state index is 13.1. The van der Waals surface area contributed by atoms with Crippen LogP contribution in [0.5, 0.6) is 0 Å². The van der Waals surface area contributed by atoms with Crippen molar-refractivity contribution in [3.63, 3.8) is 0 Å². The van der Waals surface area contributed by atoms with Crippen molar-refractivity contribution < 1.29 is 9.59 Å². The van der Waals surface area contributed by atoms with E-state index in [9.17, 15) is 9.59 Å². The van der Waals surface area contributed by atoms with Crippen LogP contribution in [0.25, 0.3) is 0 Å². The van der Waals surface area contributed by atoms with E-state index in [2.05, 4.69) is 16.8 Å². The molecule has 1 aromatic carbocycles. The molecule has 4 rings (SSSR count). The Balaban J connectivity index is 0.00000240. The zero-order chi connectivity index (χ0) is 19.7. The number of carbonyl (C=O) groups excluding carboxylic acids is 2. The average Bonchev–Trinajstić information content (AvgIpc) is 3.17. The van der Waals surface area contributed by atoms with Crippen molar-refractivity contribution in [1.82, 2.24) is 4.90 Å². The van der Waals surface area contributed by atoms with Crippen molar-refractivity contribution >= 4 is 41.2 Å². The van der Waals surface area contributed by atoms with Gasteiger partial charge in [-0.2, -0.15) is 0 Å². The molecule has 0 bridgehead atoms. The van der Waals surface area contributed by atoms with Gasteiger partial charge in [-0.1, -0.05) is 12.5 Å². The van der Waals surface area contributed by atoms with Gasteiger partial charge in [-0.15, -0.1) is 23.7 Å². The zero-order valence-electron chi connectivity index (χ0n) is 16.6. The molecule has 1 aliphatic carbocycles. The summed E-state index contributed by atoms with van der Waals surface area (Å²) in [6.07, 6.45) is 4.52. The van der Waals surface area contributed by atoms with Crippen LogP contribution < -0.4 is 11.1 Å². The molecule has 7 heteroatoms. The summed E-state index contributed by atoms with van der Waals surface area (Å²) >= 11 is 1.77. The molecule has 5 nitrogen and oxygen atoms in total. The lowest BCUT2D eigenvalue weighted by Gasteiger charge is -2.28. The average molecular weight is 434 g/mol. The highest BCUT2D eigenvalue weighted by Crippen LogP contribution is 2.28. The first kappa shape index (κ1) is 21.8. The standard InChI is InChI=1S/C22H27N3O2S.ClH/c1-14-18(22(27)25-10-8-20-16(13-25)9-11-28-20)6-3-7-19(14)24-21(26)15-4-2-5-17(23)12-15;/h3,6-7,9,11,15,17H,2,4-5,8,10,12-13,23H2,1H3,(H,24,26);1H. The molecule has 1 saturated carbocycles. The number of thiophene rings is 1. The fraction of sp³-hybridized carbons (Fsp3) is 0.455. The molecule has 2 atom stereocenters. The Morgan fingerprint density at radius 1 is 1.24 bits per heavy atom. The van der Waals surface area contributed by atoms with Crippen LogP contribution in [-0.2, 0) is 17.8 Å². The molecule has 0 spiro atoms. The van der Waals surface area contributed by atoms with E-state index in [0.717, 1.165) is 49.9 Å². The van der Waals surface area contributed by atoms with Gasteiger partial charge < -0.3 is 16.0 Å². The number of benzene rings is 1. The molecule has 2 aliphatic rings. The molecule has 1 aliphatic heterocycles. The maximum Gasteiger partial charge on any atom is 0.254 e. The van der Waals surface area contributed by atoms with Gasteiger partial charge in [-0.25, -0.2) is 0 Å². The predicted molar refractivity (Wildman–Crippen MR) is 120 cm³/mol. The molecule has 0 radical (unpaired) electrons. The second-order valence-electron chi connectivity index (χ2n) is 7.94. The van der Waals surface area contributed by atoms with E-state index in [1.807, 2.05) is 30.0 Å². The van der Waals surface area contributed by atoms with Crippen LogP contribution in [0, 0.1) is 12.8 Å². The summed E-state index contributed by atoms with van der Waals surface area (Å²) in [5.41, 5.74) is 9.50. The summed E-state index contributed by atoms with van der Waals surface area (Å²) in [4.78, 5) is 29.1. The molecule has 2 unspecified atom stereocenters. The Morgan fingerprint density at radius 2 is 2.07 bits per heavy atom. The SMILES string of the molecule is Cc1c(NC(=O)C2CCCC(N)C2)cccc1C(=O)N1CCc2sccc2C1.Cl. The highest BCUT2D eigenvalue weighted by atomic mass is 35.5. The Kier molecular flexibility index (Phi) is 6.98. The van der Waals surface area contributed by atoms with Crippen molar-refractivity contribution in [3.05, 3.63) is 51.2 Å². The summed E-state index contributed by atoms with van der Waals surface area (Å²) in [6, 6.07) is 7.80. The Labute approximate surface area is 182 Å². The van der Waals surface area contributed by atoms with E-state index >= 15 is 0 Å². The van der Waals surface area contributed by atoms with Crippen molar-refractivity contribution in [3.8, 4) is 0 Å². The van der Waals surface area contributed by atoms with Crippen LogP contribution in [0.15, 0.2) is 29.6 Å². The van der Waals surface area contributed by atoms with Crippen molar-refractivity contribution in [1.29, 1.82) is 0 Å². The maximum atomic E-state index is 13.1. The molecule has 2 amide bonds. The van der Waals surface area contributed by atoms with Crippen LogP contribution in [0.2, 0.25) is 0 Å². The largest absolute Gasteiger partial charge is 0.334 e. The van der Waals surface area contributed by atoms with Gasteiger partial charge in [0.15, 0.2) is 0 Å². The Hall–Kier alpha value is -1.89. The number of rotatable bonds is 3. The molecule has 3 N–H and O–H groups in total. The van der Waals surface area contributed by atoms with Gasteiger partial charge >= 0.3 is 0 Å². The van der Waals surface area contributed by atoms with Gasteiger partial charge in [-0.3, -0.25) is 9.59 Å². The minimum absolute atomic E-state index is 0. The quantitative estimate of drug-likeness (QED) is 0.763. The second-order valence-corrected chi connectivity index (χ2v) is 8.94. The van der Waals surface area contributed by atoms with Crippen LogP contribution in [0.1, 0.15) is 52.0 Å². The summed E-state index contributed by atoms with van der Waals surface area (Å²) in [7, 11) is 0. The van der Waals surface area contributed by atoms with E-state index in [1.165, 1.54) is 10.4 Å². The topological polar surface area (TPSA) is 75.4 Å². The number of anilines is 1. The van der Waals surface area contributed by atoms with Gasteiger partial charge in [0.05, 0.1) is 0 Å². The van der Waals surface area contributed by atoms with Crippen molar-refractivity contribution in [2.45, 2.75) is 51.6 Å². The minimum Gasteiger partial charge on any atom is -0.334 e. The third kappa shape index (κ3) is 4.65. The summed E-state index contributed by atoms with van der Waals surface area (Å²) in [5, 5.41) is 5.14. The predicted octanol–water partition coefficient (Wildman–Crippen LogP) is 4.13. The normalized spacial score (nSPS) is 21.1. The number of nitrogens with zero attached hydrogens (tertiary/aromatic N) is 1. The molecule has 1 aromatic heterocycles. The van der Waals surface area contributed by atoms with E-state index in [1.54, 1.807) is 11.3 Å². The molecular formula is C22H28ClN3O2S. The first-order valence-corrected chi connectivity index (χ1v) is 10.9. The summed E-state index contributed by atoms with van der Waals surface area (Å²) in [5.74, 6) is 0.00971. The van der Waals surface area contributed by atoms with Crippen LogP contribution >= 0.6 is 23.7 Å². The van der Waals surface area contributed by atoms with Gasteiger partial charge in [0.25, 0.3) is 5.91 Å². The number of hydrogen-bond acceptors (Lipinski definition) is 4. The highest BCUT2D eigenvalue weighted by molar-refractivity contribution is 7.10. The third-order valence-corrected chi connectivity index (χ3v) is 7.03. The highest BCUT2D eigenvalue weighted by Gasteiger charge is 2.27.